The average Bonchev–Trinajstić information content (AvgIpc) is 1.90. The number of rotatable bonds is 0. The number of aromatic amines is 1. The molecule has 1 aromatic rings. The molecule has 0 saturated heterocycles. The Labute approximate surface area is 45.1 Å². The lowest BCUT2D eigenvalue weighted by atomic mass is 11.1. The van der Waals surface area contributed by atoms with Gasteiger partial charge in [0, 0.05) is 17.0 Å². The van der Waals surface area contributed by atoms with Gasteiger partial charge < -0.3 is 4.52 Å². The molecule has 0 fully saturated rings. The van der Waals surface area contributed by atoms with Gasteiger partial charge in [0.15, 0.2) is 0 Å². The van der Waals surface area contributed by atoms with Crippen molar-refractivity contribution in [2.45, 2.75) is 0 Å². The van der Waals surface area contributed by atoms with E-state index >= 15 is 0 Å². The molecule has 38 valence electrons. The number of nitrogens with one attached hydrogen (secondary N) is 1. The first-order chi connectivity index (χ1) is 3.50. The van der Waals surface area contributed by atoms with Crippen LogP contribution in [0.1, 0.15) is 0 Å². The molecule has 1 N–H and O–H groups in total. The summed E-state index contributed by atoms with van der Waals surface area (Å²) in [6, 6.07) is 0. The van der Waals surface area contributed by atoms with Crippen molar-refractivity contribution >= 4 is 11.3 Å². The van der Waals surface area contributed by atoms with E-state index in [-0.39, 0.29) is 0 Å². The Balaban J connectivity index is 3.06. The molecule has 0 atom stereocenters. The Morgan fingerprint density at radius 1 is 1.43 bits per heavy atom. The van der Waals surface area contributed by atoms with E-state index in [0.717, 1.165) is 0 Å². The molecule has 0 aliphatic carbocycles. The number of aromatic nitrogens is 1. The first-order valence-electron chi connectivity index (χ1n) is 1.87. The van der Waals surface area contributed by atoms with E-state index in [2.05, 4.69) is 9.68 Å². The summed E-state index contributed by atoms with van der Waals surface area (Å²) in [6.45, 7) is 0. The van der Waals surface area contributed by atoms with E-state index in [0.29, 0.717) is 0 Å². The average molecular weight is 115 g/mol. The molecule has 7 heavy (non-hydrogen) atoms. The van der Waals surface area contributed by atoms with Gasteiger partial charge in [-0.25, -0.2) is 5.16 Å². The number of hydrogen-bond donors (Lipinski definition) is 1. The summed E-state index contributed by atoms with van der Waals surface area (Å²) in [5, 5.41) is 6.30. The smallest absolute Gasteiger partial charge is 0.129 e. The van der Waals surface area contributed by atoms with E-state index < -0.39 is 0 Å². The van der Waals surface area contributed by atoms with Gasteiger partial charge in [-0.2, -0.15) is 0 Å². The monoisotopic (exact) mass is 115 g/mol. The second-order valence-corrected chi connectivity index (χ2v) is 1.76. The normalized spacial score (nSPS) is 8.00. The first-order valence-corrected chi connectivity index (χ1v) is 2.81. The van der Waals surface area contributed by atoms with Gasteiger partial charge in [0.2, 0.25) is 0 Å². The van der Waals surface area contributed by atoms with E-state index in [9.17, 15) is 0 Å². The second kappa shape index (κ2) is 2.47. The van der Waals surface area contributed by atoms with Gasteiger partial charge in [-0.15, -0.1) is 11.3 Å². The van der Waals surface area contributed by atoms with Crippen molar-refractivity contribution in [1.29, 1.82) is 0 Å². The molecule has 0 aliphatic heterocycles. The minimum atomic E-state index is 1.57. The molecule has 1 heterocycles. The van der Waals surface area contributed by atoms with Crippen molar-refractivity contribution in [1.82, 2.24) is 5.16 Å². The molecule has 0 amide bonds. The standard InChI is InChI=1S/C4H5NOS/c1-3-7-4-2-6-5-1/h1-5H. The van der Waals surface area contributed by atoms with Crippen molar-refractivity contribution in [2.24, 2.45) is 0 Å². The molecular formula is C4H5NOS. The predicted octanol–water partition coefficient (Wildman–Crippen LogP) is 1.79. The molecule has 2 nitrogen and oxygen atoms in total. The highest BCUT2D eigenvalue weighted by Crippen LogP contribution is 1.86. The van der Waals surface area contributed by atoms with Crippen LogP contribution < -0.4 is 0 Å². The Bertz CT molecular complexity index is 99.7. The lowest BCUT2D eigenvalue weighted by molar-refractivity contribution is 0.405. The van der Waals surface area contributed by atoms with Crippen molar-refractivity contribution < 1.29 is 4.52 Å². The van der Waals surface area contributed by atoms with Gasteiger partial charge in [0.25, 0.3) is 0 Å². The molecule has 0 saturated carbocycles. The van der Waals surface area contributed by atoms with E-state index in [1.54, 1.807) is 23.8 Å². The Kier molecular flexibility index (Phi) is 1.57. The summed E-state index contributed by atoms with van der Waals surface area (Å²) in [7, 11) is 0. The van der Waals surface area contributed by atoms with Crippen LogP contribution in [0.25, 0.3) is 0 Å². The van der Waals surface area contributed by atoms with Crippen molar-refractivity contribution in [3.05, 3.63) is 23.2 Å². The molecule has 0 unspecified atom stereocenters. The van der Waals surface area contributed by atoms with Gasteiger partial charge in [-0.05, 0) is 0 Å². The van der Waals surface area contributed by atoms with Gasteiger partial charge in [0.05, 0.1) is 0 Å². The maximum absolute atomic E-state index is 4.66. The third-order valence-electron chi connectivity index (χ3n) is 0.485. The van der Waals surface area contributed by atoms with Crippen LogP contribution in [0.4, 0.5) is 0 Å². The van der Waals surface area contributed by atoms with Gasteiger partial charge in [-0.3, -0.25) is 0 Å². The Morgan fingerprint density at radius 3 is 3.43 bits per heavy atom. The topological polar surface area (TPSA) is 28.9 Å². The van der Waals surface area contributed by atoms with Crippen LogP contribution >= 0.6 is 11.3 Å². The molecule has 3 heteroatoms. The zero-order valence-corrected chi connectivity index (χ0v) is 4.44. The van der Waals surface area contributed by atoms with Crippen molar-refractivity contribution in [2.75, 3.05) is 0 Å². The molecule has 0 aromatic carbocycles. The maximum atomic E-state index is 4.66. The Morgan fingerprint density at radius 2 is 2.43 bits per heavy atom. The molecule has 0 radical (unpaired) electrons. The van der Waals surface area contributed by atoms with Crippen LogP contribution in [-0.4, -0.2) is 5.16 Å². The fourth-order valence-electron chi connectivity index (χ4n) is 0.251. The minimum Gasteiger partial charge on any atom is -0.390 e. The highest BCUT2D eigenvalue weighted by Gasteiger charge is 1.58. The fourth-order valence-corrected chi connectivity index (χ4v) is 0.595. The predicted molar refractivity (Wildman–Crippen MR) is 28.6 cm³/mol. The molecule has 0 bridgehead atoms. The van der Waals surface area contributed by atoms with Crippen LogP contribution in [-0.2, 0) is 0 Å². The quantitative estimate of drug-likeness (QED) is 0.548. The van der Waals surface area contributed by atoms with E-state index in [4.69, 9.17) is 0 Å². The summed E-state index contributed by atoms with van der Waals surface area (Å²) < 4.78 is 4.66. The first kappa shape index (κ1) is 4.46. The van der Waals surface area contributed by atoms with E-state index in [1.165, 1.54) is 0 Å². The highest BCUT2D eigenvalue weighted by molar-refractivity contribution is 7.07. The molecule has 1 aromatic heterocycles. The van der Waals surface area contributed by atoms with Crippen molar-refractivity contribution in [3.8, 4) is 0 Å². The summed E-state index contributed by atoms with van der Waals surface area (Å²) in [5.41, 5.74) is 0. The van der Waals surface area contributed by atoms with Gasteiger partial charge in [-0.1, -0.05) is 0 Å². The summed E-state index contributed by atoms with van der Waals surface area (Å²) in [6.07, 6.45) is 3.31. The Hall–Kier alpha value is -0.700. The molecule has 0 aliphatic rings. The SMILES string of the molecule is c1cscco[nH]1. The van der Waals surface area contributed by atoms with Crippen LogP contribution in [0.5, 0.6) is 0 Å². The van der Waals surface area contributed by atoms with Gasteiger partial charge in [0.1, 0.15) is 6.26 Å². The summed E-state index contributed by atoms with van der Waals surface area (Å²) in [4.78, 5) is 0. The van der Waals surface area contributed by atoms with Crippen molar-refractivity contribution in [3.63, 3.8) is 0 Å². The zero-order valence-electron chi connectivity index (χ0n) is 3.63. The fraction of sp³-hybridized carbons (Fsp3) is 0. The third kappa shape index (κ3) is 1.45. The molecule has 0 spiro atoms. The number of H-pyrrole nitrogens is 1. The lowest BCUT2D eigenvalue weighted by Crippen LogP contribution is -1.48. The van der Waals surface area contributed by atoms with Crippen LogP contribution in [0.15, 0.2) is 27.7 Å². The summed E-state index contributed by atoms with van der Waals surface area (Å²) in [5.74, 6) is 0. The van der Waals surface area contributed by atoms with Gasteiger partial charge >= 0.3 is 0 Å². The largest absolute Gasteiger partial charge is 0.390 e. The third-order valence-corrected chi connectivity index (χ3v) is 1.05. The minimum absolute atomic E-state index is 1.57. The lowest BCUT2D eigenvalue weighted by Gasteiger charge is -1.63. The maximum Gasteiger partial charge on any atom is 0.129 e. The summed E-state index contributed by atoms with van der Waals surface area (Å²) >= 11 is 1.57. The van der Waals surface area contributed by atoms with E-state index in [1.807, 2.05) is 10.8 Å². The second-order valence-electron chi connectivity index (χ2n) is 0.947. The van der Waals surface area contributed by atoms with Crippen LogP contribution in [0.3, 0.4) is 0 Å². The highest BCUT2D eigenvalue weighted by atomic mass is 32.1. The number of hydrogen-bond acceptors (Lipinski definition) is 2. The zero-order chi connectivity index (χ0) is 4.95. The molecule has 1 rings (SSSR count). The van der Waals surface area contributed by atoms with Crippen LogP contribution in [0, 0.1) is 0 Å². The molecular weight excluding hydrogens is 110 g/mol. The van der Waals surface area contributed by atoms with Crippen LogP contribution in [0.2, 0.25) is 0 Å².